The monoisotopic (exact) mass is 470 g/mol. The molecule has 8 nitrogen and oxygen atoms in total. The van der Waals surface area contributed by atoms with Gasteiger partial charge in [-0.1, -0.05) is 29.8 Å². The van der Waals surface area contributed by atoms with E-state index in [-0.39, 0.29) is 11.8 Å². The molecule has 1 N–H and O–H groups in total. The Morgan fingerprint density at radius 3 is 2.51 bits per heavy atom. The highest BCUT2D eigenvalue weighted by Gasteiger charge is 2.27. The molecular weight excluding hydrogens is 440 g/mol. The Bertz CT molecular complexity index is 1290. The van der Waals surface area contributed by atoms with Crippen LogP contribution in [0.15, 0.2) is 61.1 Å². The molecule has 0 unspecified atom stereocenters. The summed E-state index contributed by atoms with van der Waals surface area (Å²) in [7, 11) is 0. The number of rotatable bonds is 7. The fraction of sp³-hybridized carbons (Fsp3) is 0.333. The van der Waals surface area contributed by atoms with E-state index < -0.39 is 0 Å². The molecule has 4 aromatic rings. The van der Waals surface area contributed by atoms with Gasteiger partial charge in [-0.05, 0) is 56.5 Å². The van der Waals surface area contributed by atoms with Gasteiger partial charge >= 0.3 is 0 Å². The molecule has 2 aromatic carbocycles. The van der Waals surface area contributed by atoms with Crippen LogP contribution in [0.1, 0.15) is 30.9 Å². The van der Waals surface area contributed by atoms with Gasteiger partial charge in [-0.25, -0.2) is 14.6 Å². The number of hydrogen-bond donors (Lipinski definition) is 1. The van der Waals surface area contributed by atoms with E-state index in [1.807, 2.05) is 54.2 Å². The average molecular weight is 471 g/mol. The highest BCUT2D eigenvalue weighted by atomic mass is 16.5. The van der Waals surface area contributed by atoms with Crippen LogP contribution in [0.5, 0.6) is 5.75 Å². The molecule has 0 saturated carbocycles. The second-order valence-corrected chi connectivity index (χ2v) is 8.90. The third-order valence-electron chi connectivity index (χ3n) is 6.46. The van der Waals surface area contributed by atoms with Crippen LogP contribution in [0.3, 0.4) is 0 Å². The quantitative estimate of drug-likeness (QED) is 0.439. The van der Waals surface area contributed by atoms with Crippen molar-refractivity contribution in [2.24, 2.45) is 5.92 Å². The summed E-state index contributed by atoms with van der Waals surface area (Å²) in [5, 5.41) is 8.66. The second kappa shape index (κ2) is 10.1. The van der Waals surface area contributed by atoms with Gasteiger partial charge in [0, 0.05) is 31.7 Å². The summed E-state index contributed by atoms with van der Waals surface area (Å²) in [5.74, 6) is 1.83. The number of nitrogens with one attached hydrogen (secondary N) is 1. The van der Waals surface area contributed by atoms with Crippen molar-refractivity contribution in [2.45, 2.75) is 33.2 Å². The Morgan fingerprint density at radius 1 is 1.06 bits per heavy atom. The molecule has 180 valence electrons. The van der Waals surface area contributed by atoms with Gasteiger partial charge in [0.1, 0.15) is 17.9 Å². The predicted molar refractivity (Wildman–Crippen MR) is 136 cm³/mol. The van der Waals surface area contributed by atoms with Crippen molar-refractivity contribution in [1.29, 1.82) is 0 Å². The number of carbonyl (C=O) groups is 1. The Kier molecular flexibility index (Phi) is 6.61. The molecule has 1 amide bonds. The summed E-state index contributed by atoms with van der Waals surface area (Å²) < 4.78 is 7.33. The van der Waals surface area contributed by atoms with Crippen molar-refractivity contribution >= 4 is 22.8 Å². The van der Waals surface area contributed by atoms with Gasteiger partial charge in [0.05, 0.1) is 17.7 Å². The Morgan fingerprint density at radius 2 is 1.80 bits per heavy atom. The predicted octanol–water partition coefficient (Wildman–Crippen LogP) is 4.06. The van der Waals surface area contributed by atoms with Gasteiger partial charge in [0.2, 0.25) is 5.91 Å². The van der Waals surface area contributed by atoms with E-state index in [1.54, 1.807) is 6.33 Å². The molecule has 1 aliphatic rings. The van der Waals surface area contributed by atoms with E-state index in [0.29, 0.717) is 18.8 Å². The molecule has 1 saturated heterocycles. The number of nitrogens with zero attached hydrogens (tertiary/aromatic N) is 5. The van der Waals surface area contributed by atoms with Crippen molar-refractivity contribution < 1.29 is 9.53 Å². The maximum atomic E-state index is 12.8. The van der Waals surface area contributed by atoms with Crippen LogP contribution in [0.2, 0.25) is 0 Å². The highest BCUT2D eigenvalue weighted by Crippen LogP contribution is 2.28. The molecule has 0 radical (unpaired) electrons. The molecule has 5 rings (SSSR count). The smallest absolute Gasteiger partial charge is 0.223 e. The number of fused-ring (bicyclic) bond motifs is 1. The number of carbonyl (C=O) groups excluding carboxylic acids is 1. The number of piperidine rings is 1. The average Bonchev–Trinajstić information content (AvgIpc) is 3.33. The van der Waals surface area contributed by atoms with Crippen molar-refractivity contribution in [1.82, 2.24) is 25.1 Å². The maximum absolute atomic E-state index is 12.8. The van der Waals surface area contributed by atoms with Crippen molar-refractivity contribution in [3.05, 3.63) is 72.2 Å². The van der Waals surface area contributed by atoms with E-state index >= 15 is 0 Å². The normalized spacial score (nSPS) is 14.3. The van der Waals surface area contributed by atoms with Crippen LogP contribution >= 0.6 is 0 Å². The van der Waals surface area contributed by atoms with Crippen molar-refractivity contribution in [3.8, 4) is 11.4 Å². The highest BCUT2D eigenvalue weighted by molar-refractivity contribution is 5.87. The molecule has 3 heterocycles. The Hall–Kier alpha value is -3.94. The van der Waals surface area contributed by atoms with Crippen LogP contribution in [-0.4, -0.2) is 45.4 Å². The van der Waals surface area contributed by atoms with E-state index in [4.69, 9.17) is 4.74 Å². The SMILES string of the molecule is CCOc1ccc(CNC(=O)C2CCN(c3ncnc4nn(-c5ccc(C)cc5)cc34)CC2)cc1. The molecule has 1 aliphatic heterocycles. The Balaban J connectivity index is 1.21. The lowest BCUT2D eigenvalue weighted by molar-refractivity contribution is -0.125. The number of benzene rings is 2. The van der Waals surface area contributed by atoms with Crippen LogP contribution in [0.4, 0.5) is 5.82 Å². The third-order valence-corrected chi connectivity index (χ3v) is 6.46. The molecule has 8 heteroatoms. The standard InChI is InChI=1S/C27H30N6O2/c1-3-35-23-10-6-20(7-11-23)16-28-27(34)21-12-14-32(15-13-21)26-24-17-33(31-25(24)29-18-30-26)22-8-4-19(2)5-9-22/h4-11,17-18,21H,3,12-16H2,1-2H3,(H,28,34). The second-order valence-electron chi connectivity index (χ2n) is 8.90. The first-order chi connectivity index (χ1) is 17.1. The number of amides is 1. The minimum Gasteiger partial charge on any atom is -0.494 e. The zero-order valence-corrected chi connectivity index (χ0v) is 20.1. The summed E-state index contributed by atoms with van der Waals surface area (Å²) in [4.78, 5) is 24.0. The summed E-state index contributed by atoms with van der Waals surface area (Å²) in [5.41, 5.74) is 3.93. The van der Waals surface area contributed by atoms with Crippen LogP contribution in [-0.2, 0) is 11.3 Å². The number of aryl methyl sites for hydroxylation is 1. The van der Waals surface area contributed by atoms with Gasteiger partial charge < -0.3 is 15.0 Å². The van der Waals surface area contributed by atoms with Crippen molar-refractivity contribution in [3.63, 3.8) is 0 Å². The number of anilines is 1. The lowest BCUT2D eigenvalue weighted by Crippen LogP contribution is -2.40. The fourth-order valence-electron chi connectivity index (χ4n) is 4.46. The maximum Gasteiger partial charge on any atom is 0.223 e. The molecule has 2 aromatic heterocycles. The molecule has 0 aliphatic carbocycles. The summed E-state index contributed by atoms with van der Waals surface area (Å²) in [6.07, 6.45) is 5.13. The lowest BCUT2D eigenvalue weighted by Gasteiger charge is -2.32. The molecule has 1 fully saturated rings. The number of aromatic nitrogens is 4. The first-order valence-corrected chi connectivity index (χ1v) is 12.1. The summed E-state index contributed by atoms with van der Waals surface area (Å²) in [6, 6.07) is 16.1. The van der Waals surface area contributed by atoms with Gasteiger partial charge in [0.25, 0.3) is 0 Å². The van der Waals surface area contributed by atoms with Gasteiger partial charge in [0.15, 0.2) is 5.65 Å². The van der Waals surface area contributed by atoms with Gasteiger partial charge in [-0.2, -0.15) is 0 Å². The molecule has 0 spiro atoms. The zero-order valence-electron chi connectivity index (χ0n) is 20.1. The molecule has 35 heavy (non-hydrogen) atoms. The van der Waals surface area contributed by atoms with E-state index in [0.717, 1.165) is 54.1 Å². The third kappa shape index (κ3) is 5.11. The van der Waals surface area contributed by atoms with Crippen LogP contribution in [0.25, 0.3) is 16.7 Å². The Labute approximate surface area is 205 Å². The molecular formula is C27H30N6O2. The molecule has 0 atom stereocenters. The van der Waals surface area contributed by atoms with Crippen LogP contribution < -0.4 is 15.0 Å². The van der Waals surface area contributed by atoms with E-state index in [1.165, 1.54) is 5.56 Å². The van der Waals surface area contributed by atoms with Crippen LogP contribution in [0, 0.1) is 12.8 Å². The molecule has 0 bridgehead atoms. The first-order valence-electron chi connectivity index (χ1n) is 12.1. The zero-order chi connectivity index (χ0) is 24.2. The largest absolute Gasteiger partial charge is 0.494 e. The first kappa shape index (κ1) is 22.8. The topological polar surface area (TPSA) is 85.2 Å². The minimum absolute atomic E-state index is 0.00144. The number of ether oxygens (including phenoxy) is 1. The summed E-state index contributed by atoms with van der Waals surface area (Å²) >= 11 is 0. The van der Waals surface area contributed by atoms with E-state index in [9.17, 15) is 4.79 Å². The lowest BCUT2D eigenvalue weighted by atomic mass is 9.95. The van der Waals surface area contributed by atoms with E-state index in [2.05, 4.69) is 44.3 Å². The number of hydrogen-bond acceptors (Lipinski definition) is 6. The minimum atomic E-state index is 0.00144. The van der Waals surface area contributed by atoms with Gasteiger partial charge in [-0.15, -0.1) is 5.10 Å². The van der Waals surface area contributed by atoms with Gasteiger partial charge in [-0.3, -0.25) is 4.79 Å². The summed E-state index contributed by atoms with van der Waals surface area (Å²) in [6.45, 7) is 6.73. The van der Waals surface area contributed by atoms with Crippen molar-refractivity contribution in [2.75, 3.05) is 24.6 Å². The fourth-order valence-corrected chi connectivity index (χ4v) is 4.46.